The number of hydrogen-bond donors (Lipinski definition) is 1. The largest absolute Gasteiger partial charge is 0.418 e. The maximum atomic E-state index is 12.6. The lowest BCUT2D eigenvalue weighted by Gasteiger charge is -2.13. The normalized spacial score (nSPS) is 11.1. The molecule has 5 nitrogen and oxygen atoms in total. The van der Waals surface area contributed by atoms with Gasteiger partial charge in [-0.25, -0.2) is 0 Å². The van der Waals surface area contributed by atoms with E-state index in [-0.39, 0.29) is 9.98 Å². The Morgan fingerprint density at radius 1 is 1.41 bits per heavy atom. The van der Waals surface area contributed by atoms with Crippen molar-refractivity contribution in [2.75, 3.05) is 5.32 Å². The third-order valence-corrected chi connectivity index (χ3v) is 2.65. The van der Waals surface area contributed by atoms with Gasteiger partial charge in [-0.15, -0.1) is 0 Å². The average molecular weight is 360 g/mol. The number of carbonyl (C=O) groups is 1. The number of nitrogens with zero attached hydrogens (tertiary/aromatic N) is 1. The minimum Gasteiger partial charge on any atom is -0.327 e. The van der Waals surface area contributed by atoms with Gasteiger partial charge in [0, 0.05) is 15.7 Å². The highest BCUT2D eigenvalue weighted by Crippen LogP contribution is 2.39. The second-order valence-corrected chi connectivity index (χ2v) is 4.03. The molecule has 17 heavy (non-hydrogen) atoms. The van der Waals surface area contributed by atoms with Gasteiger partial charge in [-0.3, -0.25) is 14.9 Å². The number of nitro benzene ring substituents is 1. The Labute approximate surface area is 106 Å². The van der Waals surface area contributed by atoms with Gasteiger partial charge < -0.3 is 5.32 Å². The van der Waals surface area contributed by atoms with Crippen molar-refractivity contribution in [3.8, 4) is 0 Å². The van der Waals surface area contributed by atoms with Crippen molar-refractivity contribution in [2.45, 2.75) is 6.18 Å². The van der Waals surface area contributed by atoms with Crippen molar-refractivity contribution in [3.05, 3.63) is 31.4 Å². The number of amides is 1. The maximum absolute atomic E-state index is 12.6. The van der Waals surface area contributed by atoms with Crippen LogP contribution in [-0.4, -0.2) is 11.3 Å². The second kappa shape index (κ2) is 4.85. The lowest BCUT2D eigenvalue weighted by molar-refractivity contribution is -0.385. The van der Waals surface area contributed by atoms with Crippen LogP contribution in [0.2, 0.25) is 0 Å². The van der Waals surface area contributed by atoms with Crippen molar-refractivity contribution < 1.29 is 22.9 Å². The molecule has 92 valence electrons. The fourth-order valence-electron chi connectivity index (χ4n) is 1.13. The van der Waals surface area contributed by atoms with Gasteiger partial charge in [-0.05, 0) is 22.6 Å². The number of hydrogen-bond acceptors (Lipinski definition) is 3. The quantitative estimate of drug-likeness (QED) is 0.390. The fraction of sp³-hybridized carbons (Fsp3) is 0.125. The fourth-order valence-corrected chi connectivity index (χ4v) is 1.89. The number of benzene rings is 1. The Bertz CT molecular complexity index is 476. The van der Waals surface area contributed by atoms with E-state index < -0.39 is 28.0 Å². The lowest BCUT2D eigenvalue weighted by atomic mass is 10.1. The SMILES string of the molecule is O=CNc1c(I)cc([N+](=O)[O-])cc1C(F)(F)F. The topological polar surface area (TPSA) is 72.2 Å². The zero-order valence-electron chi connectivity index (χ0n) is 7.92. The van der Waals surface area contributed by atoms with Crippen LogP contribution in [0.5, 0.6) is 0 Å². The molecule has 0 saturated heterocycles. The lowest BCUT2D eigenvalue weighted by Crippen LogP contribution is -2.12. The first-order valence-corrected chi connectivity index (χ1v) is 5.10. The summed E-state index contributed by atoms with van der Waals surface area (Å²) in [6, 6.07) is 1.33. The Morgan fingerprint density at radius 3 is 2.41 bits per heavy atom. The first kappa shape index (κ1) is 13.7. The number of carbonyl (C=O) groups excluding carboxylic acids is 1. The molecule has 9 heteroatoms. The van der Waals surface area contributed by atoms with Gasteiger partial charge in [0.1, 0.15) is 0 Å². The van der Waals surface area contributed by atoms with E-state index in [9.17, 15) is 28.1 Å². The van der Waals surface area contributed by atoms with E-state index in [0.29, 0.717) is 6.07 Å². The highest BCUT2D eigenvalue weighted by atomic mass is 127. The molecule has 1 amide bonds. The Balaban J connectivity index is 3.50. The van der Waals surface area contributed by atoms with Crippen LogP contribution in [0.25, 0.3) is 0 Å². The van der Waals surface area contributed by atoms with E-state index in [1.54, 1.807) is 0 Å². The van der Waals surface area contributed by atoms with E-state index in [1.807, 2.05) is 5.32 Å². The van der Waals surface area contributed by atoms with Crippen molar-refractivity contribution in [1.29, 1.82) is 0 Å². The van der Waals surface area contributed by atoms with Crippen LogP contribution in [0, 0.1) is 13.7 Å². The van der Waals surface area contributed by atoms with Crippen LogP contribution in [0.15, 0.2) is 12.1 Å². The summed E-state index contributed by atoms with van der Waals surface area (Å²) in [6.07, 6.45) is -4.70. The highest BCUT2D eigenvalue weighted by molar-refractivity contribution is 14.1. The molecule has 0 aliphatic heterocycles. The first-order chi connectivity index (χ1) is 7.77. The van der Waals surface area contributed by atoms with Gasteiger partial charge in [0.15, 0.2) is 0 Å². The second-order valence-electron chi connectivity index (χ2n) is 2.87. The molecular formula is C8H4F3IN2O3. The number of rotatable bonds is 3. The molecule has 1 aromatic carbocycles. The van der Waals surface area contributed by atoms with Gasteiger partial charge in [-0.1, -0.05) is 0 Å². The monoisotopic (exact) mass is 360 g/mol. The Kier molecular flexibility index (Phi) is 3.91. The average Bonchev–Trinajstić information content (AvgIpc) is 2.18. The highest BCUT2D eigenvalue weighted by Gasteiger charge is 2.36. The molecule has 0 atom stereocenters. The molecule has 0 saturated carbocycles. The van der Waals surface area contributed by atoms with Crippen molar-refractivity contribution in [2.24, 2.45) is 0 Å². The van der Waals surface area contributed by atoms with E-state index in [1.165, 1.54) is 22.6 Å². The summed E-state index contributed by atoms with van der Waals surface area (Å²) >= 11 is 1.48. The van der Waals surface area contributed by atoms with E-state index in [2.05, 4.69) is 0 Å². The maximum Gasteiger partial charge on any atom is 0.418 e. The molecule has 1 aromatic rings. The molecule has 0 aliphatic rings. The summed E-state index contributed by atoms with van der Waals surface area (Å²) < 4.78 is 37.8. The van der Waals surface area contributed by atoms with Crippen LogP contribution >= 0.6 is 22.6 Å². The Hall–Kier alpha value is -1.39. The number of nitrogens with one attached hydrogen (secondary N) is 1. The molecule has 0 heterocycles. The summed E-state index contributed by atoms with van der Waals surface area (Å²) in [5.41, 5.74) is -2.42. The number of halogens is 4. The van der Waals surface area contributed by atoms with Crippen LogP contribution in [0.1, 0.15) is 5.56 Å². The summed E-state index contributed by atoms with van der Waals surface area (Å²) in [4.78, 5) is 19.7. The number of non-ortho nitro benzene ring substituents is 1. The van der Waals surface area contributed by atoms with Crippen molar-refractivity contribution >= 4 is 40.4 Å². The molecule has 0 aromatic heterocycles. The van der Waals surface area contributed by atoms with Crippen molar-refractivity contribution in [3.63, 3.8) is 0 Å². The third-order valence-electron chi connectivity index (χ3n) is 1.79. The summed E-state index contributed by atoms with van der Waals surface area (Å²) in [7, 11) is 0. The molecule has 0 unspecified atom stereocenters. The van der Waals surface area contributed by atoms with Crippen LogP contribution < -0.4 is 5.32 Å². The van der Waals surface area contributed by atoms with Crippen LogP contribution in [-0.2, 0) is 11.0 Å². The van der Waals surface area contributed by atoms with Crippen molar-refractivity contribution in [1.82, 2.24) is 0 Å². The first-order valence-electron chi connectivity index (χ1n) is 4.02. The summed E-state index contributed by atoms with van der Waals surface area (Å²) in [5.74, 6) is 0. The van der Waals surface area contributed by atoms with Crippen LogP contribution in [0.4, 0.5) is 24.5 Å². The molecule has 0 bridgehead atoms. The number of alkyl halides is 3. The van der Waals surface area contributed by atoms with E-state index in [0.717, 1.165) is 6.07 Å². The predicted molar refractivity (Wildman–Crippen MR) is 60.5 cm³/mol. The summed E-state index contributed by atoms with van der Waals surface area (Å²) in [5, 5.41) is 12.3. The Morgan fingerprint density at radius 2 is 2.00 bits per heavy atom. The molecule has 1 N–H and O–H groups in total. The van der Waals surface area contributed by atoms with Gasteiger partial charge in [0.05, 0.1) is 16.2 Å². The summed E-state index contributed by atoms with van der Waals surface area (Å²) in [6.45, 7) is 0. The van der Waals surface area contributed by atoms with Gasteiger partial charge in [-0.2, -0.15) is 13.2 Å². The molecule has 0 spiro atoms. The standard InChI is InChI=1S/C8H4F3IN2O3/c9-8(10,11)5-1-4(14(16)17)2-6(12)7(5)13-3-15/h1-3H,(H,13,15). The number of nitro groups is 1. The van der Waals surface area contributed by atoms with Gasteiger partial charge in [0.25, 0.3) is 5.69 Å². The van der Waals surface area contributed by atoms with E-state index in [4.69, 9.17) is 0 Å². The smallest absolute Gasteiger partial charge is 0.327 e. The zero-order valence-corrected chi connectivity index (χ0v) is 10.1. The number of anilines is 1. The van der Waals surface area contributed by atoms with E-state index >= 15 is 0 Å². The molecule has 0 fully saturated rings. The molecule has 0 aliphatic carbocycles. The van der Waals surface area contributed by atoms with Crippen LogP contribution in [0.3, 0.4) is 0 Å². The molecule has 0 radical (unpaired) electrons. The zero-order chi connectivity index (χ0) is 13.2. The minimum atomic E-state index is -4.78. The van der Waals surface area contributed by atoms with Gasteiger partial charge >= 0.3 is 6.18 Å². The minimum absolute atomic E-state index is 0.0591. The van der Waals surface area contributed by atoms with Gasteiger partial charge in [0.2, 0.25) is 6.41 Å². The molecule has 1 rings (SSSR count). The third kappa shape index (κ3) is 3.05. The predicted octanol–water partition coefficient (Wildman–Crippen LogP) is 2.79. The molecular weight excluding hydrogens is 356 g/mol.